The highest BCUT2D eigenvalue weighted by atomic mass is 16.2. The zero-order valence-electron chi connectivity index (χ0n) is 11.4. The summed E-state index contributed by atoms with van der Waals surface area (Å²) >= 11 is 0. The van der Waals surface area contributed by atoms with E-state index in [0.29, 0.717) is 17.4 Å². The summed E-state index contributed by atoms with van der Waals surface area (Å²) in [5, 5.41) is 6.60. The number of amides is 1. The Morgan fingerprint density at radius 2 is 2.06 bits per heavy atom. The number of hydrogen-bond acceptors (Lipinski definition) is 2. The highest BCUT2D eigenvalue weighted by Crippen LogP contribution is 2.41. The maximum absolute atomic E-state index is 11.9. The van der Waals surface area contributed by atoms with E-state index in [9.17, 15) is 4.79 Å². The number of hydrogen-bond donors (Lipinski definition) is 2. The second-order valence-electron chi connectivity index (χ2n) is 6.66. The smallest absolute Gasteiger partial charge is 0.237 e. The predicted molar refractivity (Wildman–Crippen MR) is 69.8 cm³/mol. The molecule has 1 amide bonds. The van der Waals surface area contributed by atoms with Crippen LogP contribution in [0, 0.1) is 11.3 Å². The molecule has 3 heteroatoms. The molecular weight excluding hydrogens is 212 g/mol. The van der Waals surface area contributed by atoms with Crippen LogP contribution in [0.15, 0.2) is 0 Å². The Hall–Kier alpha value is -0.570. The second kappa shape index (κ2) is 4.97. The third kappa shape index (κ3) is 3.21. The molecule has 2 rings (SSSR count). The van der Waals surface area contributed by atoms with Gasteiger partial charge in [0.05, 0.1) is 6.04 Å². The summed E-state index contributed by atoms with van der Waals surface area (Å²) in [6, 6.07) is 0.553. The minimum absolute atomic E-state index is 0.0406. The SMILES string of the molecule is C[C@@H]1CC(C)(C)C[C@H]1N[C@H]1CCCCNC1=O. The molecular formula is C14H26N2O. The molecule has 1 saturated heterocycles. The molecule has 1 aliphatic carbocycles. The zero-order chi connectivity index (χ0) is 12.5. The summed E-state index contributed by atoms with van der Waals surface area (Å²) in [6.45, 7) is 7.82. The fraction of sp³-hybridized carbons (Fsp3) is 0.929. The Labute approximate surface area is 105 Å². The van der Waals surface area contributed by atoms with Gasteiger partial charge in [-0.3, -0.25) is 4.79 Å². The van der Waals surface area contributed by atoms with Crippen LogP contribution in [0.4, 0.5) is 0 Å². The molecule has 1 aliphatic heterocycles. The van der Waals surface area contributed by atoms with Gasteiger partial charge in [-0.05, 0) is 43.4 Å². The molecule has 0 bridgehead atoms. The zero-order valence-corrected chi connectivity index (χ0v) is 11.4. The molecule has 98 valence electrons. The van der Waals surface area contributed by atoms with Gasteiger partial charge >= 0.3 is 0 Å². The van der Waals surface area contributed by atoms with E-state index < -0.39 is 0 Å². The highest BCUT2D eigenvalue weighted by molar-refractivity contribution is 5.81. The Morgan fingerprint density at radius 3 is 2.71 bits per heavy atom. The van der Waals surface area contributed by atoms with Gasteiger partial charge in [-0.25, -0.2) is 0 Å². The quantitative estimate of drug-likeness (QED) is 0.773. The van der Waals surface area contributed by atoms with Crippen molar-refractivity contribution in [2.45, 2.75) is 65.0 Å². The van der Waals surface area contributed by atoms with Crippen LogP contribution in [-0.4, -0.2) is 24.5 Å². The first-order valence-corrected chi connectivity index (χ1v) is 7.02. The van der Waals surface area contributed by atoms with Crippen LogP contribution in [0.1, 0.15) is 52.9 Å². The van der Waals surface area contributed by atoms with E-state index in [4.69, 9.17) is 0 Å². The minimum atomic E-state index is 0.0406. The lowest BCUT2D eigenvalue weighted by molar-refractivity contribution is -0.123. The van der Waals surface area contributed by atoms with Gasteiger partial charge in [0.15, 0.2) is 0 Å². The monoisotopic (exact) mass is 238 g/mol. The van der Waals surface area contributed by atoms with Crippen molar-refractivity contribution in [2.24, 2.45) is 11.3 Å². The third-order valence-electron chi connectivity index (χ3n) is 4.28. The molecule has 2 fully saturated rings. The van der Waals surface area contributed by atoms with E-state index in [0.717, 1.165) is 25.8 Å². The van der Waals surface area contributed by atoms with Crippen molar-refractivity contribution in [3.05, 3.63) is 0 Å². The fourth-order valence-corrected chi connectivity index (χ4v) is 3.47. The summed E-state index contributed by atoms with van der Waals surface area (Å²) in [7, 11) is 0. The Balaban J connectivity index is 1.93. The van der Waals surface area contributed by atoms with Gasteiger partial charge in [0.25, 0.3) is 0 Å². The molecule has 1 saturated carbocycles. The van der Waals surface area contributed by atoms with E-state index in [1.807, 2.05) is 0 Å². The standard InChI is InChI=1S/C14H26N2O/c1-10-8-14(2,3)9-12(10)16-11-6-4-5-7-15-13(11)17/h10-12,16H,4-9H2,1-3H3,(H,15,17)/t10-,11+,12-/m1/s1. The van der Waals surface area contributed by atoms with E-state index in [1.54, 1.807) is 0 Å². The van der Waals surface area contributed by atoms with E-state index >= 15 is 0 Å². The van der Waals surface area contributed by atoms with E-state index in [2.05, 4.69) is 31.4 Å². The van der Waals surface area contributed by atoms with Gasteiger partial charge in [-0.2, -0.15) is 0 Å². The lowest BCUT2D eigenvalue weighted by atomic mass is 9.91. The molecule has 0 unspecified atom stereocenters. The van der Waals surface area contributed by atoms with Gasteiger partial charge in [0.1, 0.15) is 0 Å². The molecule has 0 aromatic rings. The summed E-state index contributed by atoms with van der Waals surface area (Å²) in [5.41, 5.74) is 0.429. The Morgan fingerprint density at radius 1 is 1.29 bits per heavy atom. The molecule has 1 heterocycles. The molecule has 3 atom stereocenters. The van der Waals surface area contributed by atoms with Crippen molar-refractivity contribution in [3.8, 4) is 0 Å². The molecule has 2 N–H and O–H groups in total. The fourth-order valence-electron chi connectivity index (χ4n) is 3.47. The predicted octanol–water partition coefficient (Wildman–Crippen LogP) is 2.07. The Kier molecular flexibility index (Phi) is 3.76. The van der Waals surface area contributed by atoms with Crippen LogP contribution < -0.4 is 10.6 Å². The molecule has 0 aromatic carbocycles. The van der Waals surface area contributed by atoms with Crippen LogP contribution in [0.25, 0.3) is 0 Å². The van der Waals surface area contributed by atoms with Gasteiger partial charge in [0.2, 0.25) is 5.91 Å². The summed E-state index contributed by atoms with van der Waals surface area (Å²) < 4.78 is 0. The molecule has 2 aliphatic rings. The topological polar surface area (TPSA) is 41.1 Å². The highest BCUT2D eigenvalue weighted by Gasteiger charge is 2.38. The molecule has 0 radical (unpaired) electrons. The van der Waals surface area contributed by atoms with Crippen LogP contribution >= 0.6 is 0 Å². The van der Waals surface area contributed by atoms with E-state index in [-0.39, 0.29) is 11.9 Å². The molecule has 3 nitrogen and oxygen atoms in total. The van der Waals surface area contributed by atoms with Crippen molar-refractivity contribution >= 4 is 5.91 Å². The minimum Gasteiger partial charge on any atom is -0.355 e. The van der Waals surface area contributed by atoms with Gasteiger partial charge in [-0.15, -0.1) is 0 Å². The van der Waals surface area contributed by atoms with Gasteiger partial charge in [0, 0.05) is 12.6 Å². The van der Waals surface area contributed by atoms with Crippen molar-refractivity contribution in [1.29, 1.82) is 0 Å². The summed E-state index contributed by atoms with van der Waals surface area (Å²) in [5.74, 6) is 0.889. The largest absolute Gasteiger partial charge is 0.355 e. The molecule has 0 aromatic heterocycles. The number of nitrogens with one attached hydrogen (secondary N) is 2. The average molecular weight is 238 g/mol. The van der Waals surface area contributed by atoms with Gasteiger partial charge in [-0.1, -0.05) is 20.8 Å². The Bertz CT molecular complexity index is 288. The number of carbonyl (C=O) groups is 1. The van der Waals surface area contributed by atoms with Crippen LogP contribution in [0.5, 0.6) is 0 Å². The first-order valence-electron chi connectivity index (χ1n) is 7.02. The lowest BCUT2D eigenvalue weighted by Crippen LogP contribution is -2.48. The number of rotatable bonds is 2. The average Bonchev–Trinajstić information content (AvgIpc) is 2.38. The summed E-state index contributed by atoms with van der Waals surface area (Å²) in [4.78, 5) is 11.9. The van der Waals surface area contributed by atoms with Crippen molar-refractivity contribution in [2.75, 3.05) is 6.54 Å². The second-order valence-corrected chi connectivity index (χ2v) is 6.66. The number of carbonyl (C=O) groups excluding carboxylic acids is 1. The molecule has 17 heavy (non-hydrogen) atoms. The van der Waals surface area contributed by atoms with Crippen LogP contribution in [-0.2, 0) is 4.79 Å². The normalized spacial score (nSPS) is 37.6. The maximum Gasteiger partial charge on any atom is 0.237 e. The first-order chi connectivity index (χ1) is 7.98. The van der Waals surface area contributed by atoms with Crippen molar-refractivity contribution in [1.82, 2.24) is 10.6 Å². The van der Waals surface area contributed by atoms with E-state index in [1.165, 1.54) is 12.8 Å². The summed E-state index contributed by atoms with van der Waals surface area (Å²) in [6.07, 6.45) is 5.73. The van der Waals surface area contributed by atoms with Crippen LogP contribution in [0.2, 0.25) is 0 Å². The van der Waals surface area contributed by atoms with Gasteiger partial charge < -0.3 is 10.6 Å². The van der Waals surface area contributed by atoms with Crippen molar-refractivity contribution in [3.63, 3.8) is 0 Å². The third-order valence-corrected chi connectivity index (χ3v) is 4.28. The maximum atomic E-state index is 11.9. The first kappa shape index (κ1) is 12.9. The molecule has 0 spiro atoms. The van der Waals surface area contributed by atoms with Crippen molar-refractivity contribution < 1.29 is 4.79 Å². The lowest BCUT2D eigenvalue weighted by Gasteiger charge is -2.24. The van der Waals surface area contributed by atoms with Crippen LogP contribution in [0.3, 0.4) is 0 Å².